The number of nitrogens with one attached hydrogen (secondary N) is 1. The summed E-state index contributed by atoms with van der Waals surface area (Å²) in [5.41, 5.74) is 1.32. The first-order chi connectivity index (χ1) is 14.1. The van der Waals surface area contributed by atoms with Crippen LogP contribution >= 0.6 is 0 Å². The number of amides is 1. The highest BCUT2D eigenvalue weighted by Gasteiger charge is 2.22. The highest BCUT2D eigenvalue weighted by molar-refractivity contribution is 6.09. The number of anilines is 2. The molecule has 1 amide bonds. The summed E-state index contributed by atoms with van der Waals surface area (Å²) in [6, 6.07) is 11.6. The smallest absolute Gasteiger partial charge is 0.270 e. The molecule has 0 atom stereocenters. The van der Waals surface area contributed by atoms with Gasteiger partial charge in [0, 0.05) is 25.2 Å². The van der Waals surface area contributed by atoms with Crippen LogP contribution in [0.15, 0.2) is 42.5 Å². The maximum atomic E-state index is 13.1. The lowest BCUT2D eigenvalue weighted by Gasteiger charge is -2.30. The molecule has 3 rings (SSSR count). The lowest BCUT2D eigenvalue weighted by molar-refractivity contribution is -0.384. The van der Waals surface area contributed by atoms with E-state index in [1.54, 1.807) is 24.3 Å². The zero-order chi connectivity index (χ0) is 20.6. The molecular formula is C21H25N3O5. The van der Waals surface area contributed by atoms with E-state index in [1.165, 1.54) is 12.1 Å². The number of nitro benzene ring substituents is 1. The normalized spacial score (nSPS) is 13.8. The highest BCUT2D eigenvalue weighted by Crippen LogP contribution is 2.29. The van der Waals surface area contributed by atoms with Crippen molar-refractivity contribution < 1.29 is 19.2 Å². The number of ether oxygens (including phenoxy) is 2. The molecule has 8 heteroatoms. The molecule has 0 radical (unpaired) electrons. The van der Waals surface area contributed by atoms with Gasteiger partial charge in [0.15, 0.2) is 0 Å². The van der Waals surface area contributed by atoms with Gasteiger partial charge in [0.1, 0.15) is 5.75 Å². The van der Waals surface area contributed by atoms with Crippen molar-refractivity contribution in [3.63, 3.8) is 0 Å². The number of benzene rings is 2. The summed E-state index contributed by atoms with van der Waals surface area (Å²) in [6.45, 7) is 4.97. The van der Waals surface area contributed by atoms with E-state index in [4.69, 9.17) is 9.47 Å². The quantitative estimate of drug-likeness (QED) is 0.411. The van der Waals surface area contributed by atoms with Gasteiger partial charge < -0.3 is 19.7 Å². The first-order valence-electron chi connectivity index (χ1n) is 9.74. The molecule has 1 aliphatic heterocycles. The fraction of sp³-hybridized carbons (Fsp3) is 0.381. The molecule has 0 aromatic heterocycles. The van der Waals surface area contributed by atoms with Gasteiger partial charge in [-0.1, -0.05) is 25.5 Å². The van der Waals surface area contributed by atoms with Gasteiger partial charge in [0.25, 0.3) is 11.6 Å². The molecular weight excluding hydrogens is 374 g/mol. The summed E-state index contributed by atoms with van der Waals surface area (Å²) < 4.78 is 11.1. The summed E-state index contributed by atoms with van der Waals surface area (Å²) in [5, 5.41) is 14.1. The van der Waals surface area contributed by atoms with Crippen molar-refractivity contribution in [1.29, 1.82) is 0 Å². The molecule has 2 aromatic rings. The highest BCUT2D eigenvalue weighted by atomic mass is 16.6. The summed E-state index contributed by atoms with van der Waals surface area (Å²) in [4.78, 5) is 25.8. The van der Waals surface area contributed by atoms with E-state index in [-0.39, 0.29) is 11.3 Å². The number of unbranched alkanes of at least 4 members (excludes halogenated alkanes) is 1. The minimum absolute atomic E-state index is 0.125. The predicted octanol–water partition coefficient (Wildman–Crippen LogP) is 3.86. The first kappa shape index (κ1) is 20.6. The Balaban J connectivity index is 1.88. The van der Waals surface area contributed by atoms with Gasteiger partial charge in [-0.25, -0.2) is 0 Å². The third kappa shape index (κ3) is 5.23. The van der Waals surface area contributed by atoms with Crippen LogP contribution in [0.4, 0.5) is 17.1 Å². The SMILES string of the molecule is CCCCOc1ccccc1NC(=O)c1cc([N+](=O)[O-])ccc1N1CCOCC1. The zero-order valence-electron chi connectivity index (χ0n) is 16.4. The summed E-state index contributed by atoms with van der Waals surface area (Å²) in [6.07, 6.45) is 1.92. The third-order valence-electron chi connectivity index (χ3n) is 4.68. The average molecular weight is 399 g/mol. The van der Waals surface area contributed by atoms with Crippen LogP contribution in [0.2, 0.25) is 0 Å². The molecule has 0 aliphatic carbocycles. The van der Waals surface area contributed by atoms with E-state index >= 15 is 0 Å². The van der Waals surface area contributed by atoms with Gasteiger partial charge in [0.2, 0.25) is 0 Å². The maximum absolute atomic E-state index is 13.1. The van der Waals surface area contributed by atoms with E-state index in [1.807, 2.05) is 11.0 Å². The van der Waals surface area contributed by atoms with E-state index in [2.05, 4.69) is 12.2 Å². The molecule has 0 unspecified atom stereocenters. The summed E-state index contributed by atoms with van der Waals surface area (Å²) >= 11 is 0. The molecule has 1 fully saturated rings. The summed E-state index contributed by atoms with van der Waals surface area (Å²) in [7, 11) is 0. The standard InChI is InChI=1S/C21H25N3O5/c1-2-3-12-29-20-7-5-4-6-18(20)22-21(25)17-15-16(24(26)27)8-9-19(17)23-10-13-28-14-11-23/h4-9,15H,2-3,10-14H2,1H3,(H,22,25). The van der Waals surface area contributed by atoms with Gasteiger partial charge in [0.05, 0.1) is 41.7 Å². The number of rotatable bonds is 8. The van der Waals surface area contributed by atoms with Gasteiger partial charge in [-0.05, 0) is 24.6 Å². The molecule has 0 spiro atoms. The van der Waals surface area contributed by atoms with Crippen LogP contribution in [-0.2, 0) is 4.74 Å². The van der Waals surface area contributed by atoms with Crippen molar-refractivity contribution in [2.75, 3.05) is 43.1 Å². The molecule has 29 heavy (non-hydrogen) atoms. The Morgan fingerprint density at radius 3 is 2.72 bits per heavy atom. The van der Waals surface area contributed by atoms with Crippen molar-refractivity contribution in [2.24, 2.45) is 0 Å². The minimum atomic E-state index is -0.498. The number of nitro groups is 1. The second kappa shape index (κ2) is 9.88. The minimum Gasteiger partial charge on any atom is -0.491 e. The number of para-hydroxylation sites is 2. The summed E-state index contributed by atoms with van der Waals surface area (Å²) in [5.74, 6) is 0.161. The Bertz CT molecular complexity index is 865. The number of morpholine rings is 1. The Kier molecular flexibility index (Phi) is 7.02. The number of non-ortho nitro benzene ring substituents is 1. The van der Waals surface area contributed by atoms with Crippen LogP contribution in [-0.4, -0.2) is 43.7 Å². The van der Waals surface area contributed by atoms with Crippen LogP contribution < -0.4 is 15.0 Å². The molecule has 0 saturated carbocycles. The Morgan fingerprint density at radius 2 is 2.00 bits per heavy atom. The van der Waals surface area contributed by atoms with E-state index < -0.39 is 10.8 Å². The maximum Gasteiger partial charge on any atom is 0.270 e. The molecule has 8 nitrogen and oxygen atoms in total. The molecule has 1 N–H and O–H groups in total. The lowest BCUT2D eigenvalue weighted by Crippen LogP contribution is -2.37. The van der Waals surface area contributed by atoms with Crippen molar-refractivity contribution in [3.05, 3.63) is 58.1 Å². The monoisotopic (exact) mass is 399 g/mol. The Labute approximate surface area is 169 Å². The largest absolute Gasteiger partial charge is 0.491 e. The van der Waals surface area contributed by atoms with Gasteiger partial charge in [-0.2, -0.15) is 0 Å². The average Bonchev–Trinajstić information content (AvgIpc) is 2.75. The first-order valence-corrected chi connectivity index (χ1v) is 9.74. The van der Waals surface area contributed by atoms with Gasteiger partial charge in [-0.15, -0.1) is 0 Å². The van der Waals surface area contributed by atoms with Crippen molar-refractivity contribution in [1.82, 2.24) is 0 Å². The van der Waals surface area contributed by atoms with Crippen molar-refractivity contribution in [2.45, 2.75) is 19.8 Å². The van der Waals surface area contributed by atoms with Gasteiger partial charge >= 0.3 is 0 Å². The van der Waals surface area contributed by atoms with Crippen LogP contribution in [0.25, 0.3) is 0 Å². The molecule has 154 valence electrons. The third-order valence-corrected chi connectivity index (χ3v) is 4.68. The second-order valence-corrected chi connectivity index (χ2v) is 6.71. The second-order valence-electron chi connectivity index (χ2n) is 6.71. The number of hydrogen-bond acceptors (Lipinski definition) is 6. The predicted molar refractivity (Wildman–Crippen MR) is 111 cm³/mol. The van der Waals surface area contributed by atoms with Crippen molar-refractivity contribution >= 4 is 23.0 Å². The molecule has 1 aliphatic rings. The van der Waals surface area contributed by atoms with Crippen LogP contribution in [0.3, 0.4) is 0 Å². The van der Waals surface area contributed by atoms with E-state index in [9.17, 15) is 14.9 Å². The number of carbonyl (C=O) groups is 1. The number of hydrogen-bond donors (Lipinski definition) is 1. The Hall–Kier alpha value is -3.13. The van der Waals surface area contributed by atoms with E-state index in [0.717, 1.165) is 12.8 Å². The fourth-order valence-electron chi connectivity index (χ4n) is 3.11. The van der Waals surface area contributed by atoms with Crippen LogP contribution in [0, 0.1) is 10.1 Å². The molecule has 1 saturated heterocycles. The topological polar surface area (TPSA) is 93.9 Å². The van der Waals surface area contributed by atoms with Crippen LogP contribution in [0.5, 0.6) is 5.75 Å². The fourth-order valence-corrected chi connectivity index (χ4v) is 3.11. The Morgan fingerprint density at radius 1 is 1.24 bits per heavy atom. The van der Waals surface area contributed by atoms with Gasteiger partial charge in [-0.3, -0.25) is 14.9 Å². The molecule has 1 heterocycles. The number of nitrogens with zero attached hydrogens (tertiary/aromatic N) is 2. The molecule has 2 aromatic carbocycles. The zero-order valence-corrected chi connectivity index (χ0v) is 16.4. The van der Waals surface area contributed by atoms with Crippen molar-refractivity contribution in [3.8, 4) is 5.75 Å². The number of carbonyl (C=O) groups excluding carboxylic acids is 1. The van der Waals surface area contributed by atoms with E-state index in [0.29, 0.717) is 50.0 Å². The molecule has 0 bridgehead atoms. The lowest BCUT2D eigenvalue weighted by atomic mass is 10.1. The van der Waals surface area contributed by atoms with Crippen LogP contribution in [0.1, 0.15) is 30.1 Å².